The normalized spacial score (nSPS) is 18.0. The van der Waals surface area contributed by atoms with E-state index in [2.05, 4.69) is 25.9 Å². The molecule has 3 rings (SSSR count). The van der Waals surface area contributed by atoms with Gasteiger partial charge in [-0.1, -0.05) is 0 Å². The molecule has 0 saturated carbocycles. The molecule has 1 aliphatic rings. The van der Waals surface area contributed by atoms with Crippen molar-refractivity contribution in [2.24, 2.45) is 0 Å². The van der Waals surface area contributed by atoms with Crippen molar-refractivity contribution in [3.05, 3.63) is 40.0 Å². The molecule has 0 aromatic carbocycles. The topological polar surface area (TPSA) is 68.5 Å². The summed E-state index contributed by atoms with van der Waals surface area (Å²) in [6.07, 6.45) is 1.65. The molecule has 0 unspecified atom stereocenters. The fraction of sp³-hybridized carbons (Fsp3) is 0.438. The number of hydrogen-bond acceptors (Lipinski definition) is 5. The SMILES string of the molecule is Cc1cc(C)nc(O[C@@H]2CCCN(C(=O)c3ccc(Br)o3)C2)n1. The highest BCUT2D eigenvalue weighted by molar-refractivity contribution is 9.10. The number of hydrogen-bond donors (Lipinski definition) is 0. The molecule has 0 radical (unpaired) electrons. The van der Waals surface area contributed by atoms with Gasteiger partial charge in [0, 0.05) is 17.9 Å². The number of piperidine rings is 1. The molecule has 1 aliphatic heterocycles. The Morgan fingerprint density at radius 2 is 2.09 bits per heavy atom. The van der Waals surface area contributed by atoms with E-state index in [4.69, 9.17) is 9.15 Å². The average molecular weight is 380 g/mol. The number of ether oxygens (including phenoxy) is 1. The summed E-state index contributed by atoms with van der Waals surface area (Å²) in [5.74, 6) is 0.213. The highest BCUT2D eigenvalue weighted by Gasteiger charge is 2.27. The lowest BCUT2D eigenvalue weighted by Crippen LogP contribution is -2.44. The van der Waals surface area contributed by atoms with E-state index in [1.54, 1.807) is 17.0 Å². The Hall–Kier alpha value is -1.89. The lowest BCUT2D eigenvalue weighted by atomic mass is 10.1. The summed E-state index contributed by atoms with van der Waals surface area (Å²) in [6.45, 7) is 5.03. The van der Waals surface area contributed by atoms with Gasteiger partial charge in [0.1, 0.15) is 6.10 Å². The van der Waals surface area contributed by atoms with Gasteiger partial charge in [-0.05, 0) is 60.8 Å². The molecule has 23 heavy (non-hydrogen) atoms. The van der Waals surface area contributed by atoms with Crippen molar-refractivity contribution in [3.8, 4) is 6.01 Å². The van der Waals surface area contributed by atoms with Crippen LogP contribution in [0.25, 0.3) is 0 Å². The second kappa shape index (κ2) is 6.70. The molecule has 2 aromatic heterocycles. The molecule has 3 heterocycles. The van der Waals surface area contributed by atoms with Crippen LogP contribution in [-0.4, -0.2) is 40.0 Å². The predicted molar refractivity (Wildman–Crippen MR) is 87.5 cm³/mol. The summed E-state index contributed by atoms with van der Waals surface area (Å²) in [4.78, 5) is 22.8. The fourth-order valence-corrected chi connectivity index (χ4v) is 3.01. The van der Waals surface area contributed by atoms with Crippen LogP contribution < -0.4 is 4.74 Å². The number of aromatic nitrogens is 2. The van der Waals surface area contributed by atoms with Gasteiger partial charge >= 0.3 is 6.01 Å². The van der Waals surface area contributed by atoms with E-state index in [1.807, 2.05) is 19.9 Å². The van der Waals surface area contributed by atoms with Crippen molar-refractivity contribution in [3.63, 3.8) is 0 Å². The highest BCUT2D eigenvalue weighted by Crippen LogP contribution is 2.20. The first-order valence-corrected chi connectivity index (χ1v) is 8.34. The maximum Gasteiger partial charge on any atom is 0.317 e. The molecule has 6 nitrogen and oxygen atoms in total. The van der Waals surface area contributed by atoms with Gasteiger partial charge in [-0.25, -0.2) is 9.97 Å². The van der Waals surface area contributed by atoms with E-state index in [9.17, 15) is 4.79 Å². The van der Waals surface area contributed by atoms with Gasteiger partial charge in [0.15, 0.2) is 10.4 Å². The fourth-order valence-electron chi connectivity index (χ4n) is 2.70. The van der Waals surface area contributed by atoms with Crippen LogP contribution in [-0.2, 0) is 0 Å². The van der Waals surface area contributed by atoms with Gasteiger partial charge in [-0.2, -0.15) is 0 Å². The lowest BCUT2D eigenvalue weighted by Gasteiger charge is -2.31. The minimum absolute atomic E-state index is 0.104. The summed E-state index contributed by atoms with van der Waals surface area (Å²) in [5, 5.41) is 0. The van der Waals surface area contributed by atoms with Gasteiger partial charge in [0.25, 0.3) is 5.91 Å². The summed E-state index contributed by atoms with van der Waals surface area (Å²) in [6, 6.07) is 5.67. The standard InChI is InChI=1S/C16H18BrN3O3/c1-10-8-11(2)19-16(18-10)22-12-4-3-7-20(9-12)15(21)13-5-6-14(17)23-13/h5-6,8,12H,3-4,7,9H2,1-2H3/t12-/m1/s1. The van der Waals surface area contributed by atoms with Gasteiger partial charge in [0.2, 0.25) is 0 Å². The Labute approximate surface area is 143 Å². The van der Waals surface area contributed by atoms with Crippen LogP contribution in [0.2, 0.25) is 0 Å². The summed E-state index contributed by atoms with van der Waals surface area (Å²) < 4.78 is 11.8. The zero-order valence-corrected chi connectivity index (χ0v) is 14.7. The minimum atomic E-state index is -0.120. The maximum absolute atomic E-state index is 12.4. The molecule has 122 valence electrons. The van der Waals surface area contributed by atoms with Gasteiger partial charge in [-0.15, -0.1) is 0 Å². The number of rotatable bonds is 3. The molecule has 2 aromatic rings. The van der Waals surface area contributed by atoms with E-state index in [0.29, 0.717) is 29.5 Å². The quantitative estimate of drug-likeness (QED) is 0.819. The van der Waals surface area contributed by atoms with Crippen LogP contribution in [0.1, 0.15) is 34.8 Å². The van der Waals surface area contributed by atoms with Crippen molar-refractivity contribution in [2.75, 3.05) is 13.1 Å². The Kier molecular flexibility index (Phi) is 4.66. The highest BCUT2D eigenvalue weighted by atomic mass is 79.9. The second-order valence-electron chi connectivity index (χ2n) is 5.67. The third kappa shape index (κ3) is 3.90. The molecule has 1 amide bonds. The first-order valence-electron chi connectivity index (χ1n) is 7.55. The molecular formula is C16H18BrN3O3. The third-order valence-corrected chi connectivity index (χ3v) is 4.11. The smallest absolute Gasteiger partial charge is 0.317 e. The molecule has 1 atom stereocenters. The van der Waals surface area contributed by atoms with Crippen molar-refractivity contribution in [1.82, 2.24) is 14.9 Å². The van der Waals surface area contributed by atoms with E-state index >= 15 is 0 Å². The van der Waals surface area contributed by atoms with E-state index in [0.717, 1.165) is 24.2 Å². The van der Waals surface area contributed by atoms with Crippen LogP contribution in [0, 0.1) is 13.8 Å². The van der Waals surface area contributed by atoms with Crippen LogP contribution in [0.4, 0.5) is 0 Å². The monoisotopic (exact) mass is 379 g/mol. The lowest BCUT2D eigenvalue weighted by molar-refractivity contribution is 0.0487. The maximum atomic E-state index is 12.4. The minimum Gasteiger partial charge on any atom is -0.458 e. The molecule has 7 heteroatoms. The first kappa shape index (κ1) is 16.0. The summed E-state index contributed by atoms with van der Waals surface area (Å²) in [7, 11) is 0. The van der Waals surface area contributed by atoms with Gasteiger partial charge in [0.05, 0.1) is 6.54 Å². The van der Waals surface area contributed by atoms with Crippen LogP contribution in [0.5, 0.6) is 6.01 Å². The van der Waals surface area contributed by atoms with Crippen molar-refractivity contribution >= 4 is 21.8 Å². The van der Waals surface area contributed by atoms with Crippen LogP contribution in [0.3, 0.4) is 0 Å². The van der Waals surface area contributed by atoms with E-state index in [-0.39, 0.29) is 12.0 Å². The Bertz CT molecular complexity index is 696. The molecule has 0 N–H and O–H groups in total. The summed E-state index contributed by atoms with van der Waals surface area (Å²) >= 11 is 3.22. The van der Waals surface area contributed by atoms with Crippen molar-refractivity contribution in [1.29, 1.82) is 0 Å². The number of halogens is 1. The van der Waals surface area contributed by atoms with Crippen LogP contribution >= 0.6 is 15.9 Å². The second-order valence-corrected chi connectivity index (χ2v) is 6.45. The average Bonchev–Trinajstić information content (AvgIpc) is 2.92. The number of furan rings is 1. The van der Waals surface area contributed by atoms with E-state index < -0.39 is 0 Å². The Balaban J connectivity index is 1.67. The van der Waals surface area contributed by atoms with Gasteiger partial charge in [-0.3, -0.25) is 4.79 Å². The molecular weight excluding hydrogens is 362 g/mol. The van der Waals surface area contributed by atoms with Crippen molar-refractivity contribution < 1.29 is 13.9 Å². The van der Waals surface area contributed by atoms with Gasteiger partial charge < -0.3 is 14.1 Å². The Morgan fingerprint density at radius 1 is 1.35 bits per heavy atom. The first-order chi connectivity index (χ1) is 11.0. The Morgan fingerprint density at radius 3 is 2.74 bits per heavy atom. The number of likely N-dealkylation sites (tertiary alicyclic amines) is 1. The number of nitrogens with zero attached hydrogens (tertiary/aromatic N) is 3. The molecule has 0 bridgehead atoms. The molecule has 0 spiro atoms. The molecule has 0 aliphatic carbocycles. The zero-order valence-electron chi connectivity index (χ0n) is 13.1. The van der Waals surface area contributed by atoms with Crippen LogP contribution in [0.15, 0.2) is 27.3 Å². The number of carbonyl (C=O) groups is 1. The number of carbonyl (C=O) groups excluding carboxylic acids is 1. The largest absolute Gasteiger partial charge is 0.458 e. The molecule has 1 fully saturated rings. The number of aryl methyl sites for hydroxylation is 2. The molecule has 1 saturated heterocycles. The van der Waals surface area contributed by atoms with E-state index in [1.165, 1.54) is 0 Å². The summed E-state index contributed by atoms with van der Waals surface area (Å²) in [5.41, 5.74) is 1.74. The van der Waals surface area contributed by atoms with Crippen molar-refractivity contribution in [2.45, 2.75) is 32.8 Å². The third-order valence-electron chi connectivity index (χ3n) is 3.68. The number of amides is 1. The zero-order chi connectivity index (χ0) is 16.4. The predicted octanol–water partition coefficient (Wildman–Crippen LogP) is 3.13.